The van der Waals surface area contributed by atoms with Gasteiger partial charge in [0.05, 0.1) is 25.2 Å². The van der Waals surface area contributed by atoms with Crippen LogP contribution in [0.5, 0.6) is 11.5 Å². The standard InChI is InChI=1S/C14H17NO5S/c1-19-12-4-3-9(5-13(12)20-2)14(16)15-7-11-6-10(15)8-21(11,17)18/h3-5,10-11H,6-8H2,1-2H3. The van der Waals surface area contributed by atoms with Crippen molar-refractivity contribution in [1.29, 1.82) is 0 Å². The van der Waals surface area contributed by atoms with Crippen LogP contribution in [0.15, 0.2) is 18.2 Å². The molecule has 114 valence electrons. The number of fused-ring (bicyclic) bond motifs is 2. The minimum atomic E-state index is -3.00. The number of hydrogen-bond acceptors (Lipinski definition) is 5. The average Bonchev–Trinajstić information content (AvgIpc) is 3.01. The molecule has 2 saturated heterocycles. The molecular formula is C14H17NO5S. The van der Waals surface area contributed by atoms with E-state index in [0.717, 1.165) is 0 Å². The highest BCUT2D eigenvalue weighted by atomic mass is 32.2. The maximum Gasteiger partial charge on any atom is 0.254 e. The minimum absolute atomic E-state index is 0.0801. The molecule has 1 amide bonds. The maximum absolute atomic E-state index is 12.6. The summed E-state index contributed by atoms with van der Waals surface area (Å²) in [6, 6.07) is 4.78. The molecule has 0 aromatic heterocycles. The molecule has 3 rings (SSSR count). The highest BCUT2D eigenvalue weighted by molar-refractivity contribution is 7.92. The van der Waals surface area contributed by atoms with E-state index >= 15 is 0 Å². The van der Waals surface area contributed by atoms with Gasteiger partial charge in [0, 0.05) is 18.2 Å². The third-order valence-corrected chi connectivity index (χ3v) is 6.41. The Morgan fingerprint density at radius 1 is 1.24 bits per heavy atom. The Morgan fingerprint density at radius 3 is 2.48 bits per heavy atom. The summed E-state index contributed by atoms with van der Waals surface area (Å²) in [5, 5.41) is -0.397. The molecule has 21 heavy (non-hydrogen) atoms. The van der Waals surface area contributed by atoms with Crippen LogP contribution in [0.4, 0.5) is 0 Å². The monoisotopic (exact) mass is 311 g/mol. The Kier molecular flexibility index (Phi) is 3.32. The van der Waals surface area contributed by atoms with Gasteiger partial charge in [-0.25, -0.2) is 8.42 Å². The Labute approximate surface area is 123 Å². The van der Waals surface area contributed by atoms with Crippen LogP contribution in [0.25, 0.3) is 0 Å². The van der Waals surface area contributed by atoms with E-state index in [9.17, 15) is 13.2 Å². The summed E-state index contributed by atoms with van der Waals surface area (Å²) in [7, 11) is 0.0437. The number of carbonyl (C=O) groups is 1. The van der Waals surface area contributed by atoms with E-state index in [1.807, 2.05) is 0 Å². The number of carbonyl (C=O) groups excluding carboxylic acids is 1. The zero-order chi connectivity index (χ0) is 15.2. The molecule has 0 N–H and O–H groups in total. The summed E-state index contributed by atoms with van der Waals surface area (Å²) in [5.74, 6) is 0.967. The molecule has 0 radical (unpaired) electrons. The van der Waals surface area contributed by atoms with Gasteiger partial charge in [-0.05, 0) is 24.6 Å². The van der Waals surface area contributed by atoms with Gasteiger partial charge in [-0.1, -0.05) is 0 Å². The number of rotatable bonds is 3. The van der Waals surface area contributed by atoms with Gasteiger partial charge in [-0.15, -0.1) is 0 Å². The second kappa shape index (κ2) is 4.91. The number of benzene rings is 1. The molecule has 2 fully saturated rings. The van der Waals surface area contributed by atoms with Crippen molar-refractivity contribution in [2.75, 3.05) is 26.5 Å². The number of hydrogen-bond donors (Lipinski definition) is 0. The van der Waals surface area contributed by atoms with Crippen LogP contribution in [0, 0.1) is 0 Å². The number of amides is 1. The first-order valence-corrected chi connectivity index (χ1v) is 8.42. The normalized spacial score (nSPS) is 25.9. The van der Waals surface area contributed by atoms with Gasteiger partial charge in [-0.3, -0.25) is 4.79 Å². The van der Waals surface area contributed by atoms with Crippen LogP contribution in [-0.2, 0) is 9.84 Å². The predicted octanol–water partition coefficient (Wildman–Crippen LogP) is 0.715. The van der Waals surface area contributed by atoms with Gasteiger partial charge < -0.3 is 14.4 Å². The van der Waals surface area contributed by atoms with Gasteiger partial charge >= 0.3 is 0 Å². The lowest BCUT2D eigenvalue weighted by Gasteiger charge is -2.27. The van der Waals surface area contributed by atoms with Crippen molar-refractivity contribution >= 4 is 15.7 Å². The van der Waals surface area contributed by atoms with Crippen molar-refractivity contribution in [3.05, 3.63) is 23.8 Å². The smallest absolute Gasteiger partial charge is 0.254 e. The summed E-state index contributed by atoms with van der Waals surface area (Å²) >= 11 is 0. The van der Waals surface area contributed by atoms with Crippen molar-refractivity contribution in [3.8, 4) is 11.5 Å². The molecule has 2 aliphatic heterocycles. The number of sulfone groups is 1. The van der Waals surface area contributed by atoms with Crippen molar-refractivity contribution in [1.82, 2.24) is 4.90 Å². The summed E-state index contributed by atoms with van der Waals surface area (Å²) in [6.07, 6.45) is 0.557. The molecule has 1 aromatic carbocycles. The molecule has 6 nitrogen and oxygen atoms in total. The van der Waals surface area contributed by atoms with Crippen LogP contribution in [0.3, 0.4) is 0 Å². The topological polar surface area (TPSA) is 72.9 Å². The minimum Gasteiger partial charge on any atom is -0.493 e. The van der Waals surface area contributed by atoms with Crippen molar-refractivity contribution in [2.24, 2.45) is 0 Å². The summed E-state index contributed by atoms with van der Waals surface area (Å²) in [5.41, 5.74) is 0.484. The fourth-order valence-corrected chi connectivity index (χ4v) is 5.11. The van der Waals surface area contributed by atoms with Crippen molar-refractivity contribution < 1.29 is 22.7 Å². The lowest BCUT2D eigenvalue weighted by molar-refractivity contribution is 0.0745. The van der Waals surface area contributed by atoms with E-state index in [4.69, 9.17) is 9.47 Å². The van der Waals surface area contributed by atoms with Crippen molar-refractivity contribution in [3.63, 3.8) is 0 Å². The van der Waals surface area contributed by atoms with E-state index in [0.29, 0.717) is 30.0 Å². The molecule has 7 heteroatoms. The van der Waals surface area contributed by atoms with Crippen LogP contribution in [0.2, 0.25) is 0 Å². The molecule has 0 saturated carbocycles. The Balaban J connectivity index is 1.84. The average molecular weight is 311 g/mol. The van der Waals surface area contributed by atoms with Gasteiger partial charge in [0.25, 0.3) is 5.91 Å². The highest BCUT2D eigenvalue weighted by Gasteiger charge is 2.50. The molecule has 2 bridgehead atoms. The molecule has 1 aromatic rings. The van der Waals surface area contributed by atoms with E-state index < -0.39 is 15.1 Å². The molecule has 2 aliphatic rings. The van der Waals surface area contributed by atoms with Crippen molar-refractivity contribution in [2.45, 2.75) is 17.7 Å². The fraction of sp³-hybridized carbons (Fsp3) is 0.500. The number of likely N-dealkylation sites (tertiary alicyclic amines) is 1. The molecule has 0 spiro atoms. The second-order valence-corrected chi connectivity index (χ2v) is 7.69. The fourth-order valence-electron chi connectivity index (χ4n) is 3.08. The van der Waals surface area contributed by atoms with E-state index in [1.54, 1.807) is 23.1 Å². The first kappa shape index (κ1) is 14.2. The molecule has 0 aliphatic carbocycles. The number of ether oxygens (including phenoxy) is 2. The Bertz CT molecular complexity index is 685. The predicted molar refractivity (Wildman–Crippen MR) is 76.6 cm³/mol. The first-order chi connectivity index (χ1) is 9.96. The third kappa shape index (κ3) is 2.25. The van der Waals surface area contributed by atoms with Gasteiger partial charge in [0.1, 0.15) is 0 Å². The maximum atomic E-state index is 12.6. The van der Waals surface area contributed by atoms with Crippen LogP contribution in [-0.4, -0.2) is 57.0 Å². The van der Waals surface area contributed by atoms with Crippen LogP contribution in [0.1, 0.15) is 16.8 Å². The zero-order valence-corrected chi connectivity index (χ0v) is 12.7. The number of nitrogens with zero attached hydrogens (tertiary/aromatic N) is 1. The quantitative estimate of drug-likeness (QED) is 0.822. The molecular weight excluding hydrogens is 294 g/mol. The summed E-state index contributed by atoms with van der Waals surface area (Å²) < 4.78 is 33.8. The van der Waals surface area contributed by atoms with E-state index in [-0.39, 0.29) is 17.7 Å². The second-order valence-electron chi connectivity index (χ2n) is 5.37. The lowest BCUT2D eigenvalue weighted by atomic mass is 10.1. The SMILES string of the molecule is COc1ccc(C(=O)N2CC3CC2CS3(=O)=O)cc1OC. The molecule has 2 unspecified atom stereocenters. The van der Waals surface area contributed by atoms with E-state index in [2.05, 4.69) is 0 Å². The van der Waals surface area contributed by atoms with Crippen LogP contribution < -0.4 is 9.47 Å². The lowest BCUT2D eigenvalue weighted by Crippen LogP contribution is -2.44. The Hall–Kier alpha value is -1.76. The molecule has 2 atom stereocenters. The molecule has 2 heterocycles. The largest absolute Gasteiger partial charge is 0.493 e. The highest BCUT2D eigenvalue weighted by Crippen LogP contribution is 2.35. The first-order valence-electron chi connectivity index (χ1n) is 6.71. The summed E-state index contributed by atoms with van der Waals surface area (Å²) in [4.78, 5) is 14.2. The van der Waals surface area contributed by atoms with E-state index in [1.165, 1.54) is 14.2 Å². The Morgan fingerprint density at radius 2 is 1.95 bits per heavy atom. The third-order valence-electron chi connectivity index (χ3n) is 4.20. The van der Waals surface area contributed by atoms with Gasteiger partial charge in [0.2, 0.25) is 0 Å². The zero-order valence-electron chi connectivity index (χ0n) is 11.9. The number of methoxy groups -OCH3 is 2. The van der Waals surface area contributed by atoms with Gasteiger partial charge in [0.15, 0.2) is 21.3 Å². The summed E-state index contributed by atoms with van der Waals surface area (Å²) in [6.45, 7) is 0.292. The van der Waals surface area contributed by atoms with Crippen LogP contribution >= 0.6 is 0 Å². The van der Waals surface area contributed by atoms with Gasteiger partial charge in [-0.2, -0.15) is 0 Å².